The second-order valence-corrected chi connectivity index (χ2v) is 4.34. The van der Waals surface area contributed by atoms with Crippen molar-refractivity contribution in [2.75, 3.05) is 27.3 Å². The molecule has 1 aliphatic rings. The van der Waals surface area contributed by atoms with Gasteiger partial charge in [0.25, 0.3) is 0 Å². The van der Waals surface area contributed by atoms with Gasteiger partial charge in [-0.25, -0.2) is 0 Å². The Balaban J connectivity index is 2.25. The summed E-state index contributed by atoms with van der Waals surface area (Å²) in [5, 5.41) is 0.590. The molecule has 1 aliphatic heterocycles. The van der Waals surface area contributed by atoms with Gasteiger partial charge in [0.1, 0.15) is 11.5 Å². The summed E-state index contributed by atoms with van der Waals surface area (Å²) in [6.07, 6.45) is 1.28. The molecule has 0 aromatic heterocycles. The van der Waals surface area contributed by atoms with Crippen molar-refractivity contribution in [1.82, 2.24) is 4.90 Å². The monoisotopic (exact) mass is 241 g/mol. The van der Waals surface area contributed by atoms with Crippen LogP contribution in [0.2, 0.25) is 5.02 Å². The Morgan fingerprint density at radius 3 is 2.38 bits per heavy atom. The number of ether oxygens (including phenoxy) is 2. The molecule has 0 amide bonds. The van der Waals surface area contributed by atoms with E-state index in [1.807, 2.05) is 12.1 Å². The summed E-state index contributed by atoms with van der Waals surface area (Å²) in [5.41, 5.74) is 1.13. The van der Waals surface area contributed by atoms with Gasteiger partial charge in [0.2, 0.25) is 0 Å². The molecular formula is C12H16ClNO2. The lowest BCUT2D eigenvalue weighted by atomic mass is 10.1. The normalized spacial score (nSPS) is 15.7. The molecule has 16 heavy (non-hydrogen) atoms. The van der Waals surface area contributed by atoms with Crippen LogP contribution in [0.25, 0.3) is 0 Å². The summed E-state index contributed by atoms with van der Waals surface area (Å²) in [5.74, 6) is 1.54. The maximum atomic E-state index is 6.05. The van der Waals surface area contributed by atoms with Crippen molar-refractivity contribution in [1.29, 1.82) is 0 Å². The first-order valence-electron chi connectivity index (χ1n) is 5.37. The number of halogens is 1. The highest BCUT2D eigenvalue weighted by Gasteiger charge is 2.17. The number of likely N-dealkylation sites (tertiary alicyclic amines) is 1. The van der Waals surface area contributed by atoms with Crippen LogP contribution in [-0.4, -0.2) is 32.2 Å². The molecule has 0 spiro atoms. The van der Waals surface area contributed by atoms with Crippen molar-refractivity contribution < 1.29 is 9.47 Å². The van der Waals surface area contributed by atoms with E-state index in [1.165, 1.54) is 6.42 Å². The second-order valence-electron chi connectivity index (χ2n) is 3.93. The number of methoxy groups -OCH3 is 2. The molecule has 1 heterocycles. The SMILES string of the molecule is COc1cc(CN2CCC2)c(OC)cc1Cl. The molecule has 1 saturated heterocycles. The van der Waals surface area contributed by atoms with Gasteiger partial charge in [-0.15, -0.1) is 0 Å². The van der Waals surface area contributed by atoms with E-state index < -0.39 is 0 Å². The number of hydrogen-bond donors (Lipinski definition) is 0. The van der Waals surface area contributed by atoms with Crippen molar-refractivity contribution in [3.63, 3.8) is 0 Å². The average Bonchev–Trinajstić information content (AvgIpc) is 2.24. The Labute approximate surface area is 101 Å². The van der Waals surface area contributed by atoms with Gasteiger partial charge in [0.15, 0.2) is 0 Å². The highest BCUT2D eigenvalue weighted by molar-refractivity contribution is 6.32. The molecule has 0 bridgehead atoms. The second kappa shape index (κ2) is 4.93. The molecule has 2 rings (SSSR count). The lowest BCUT2D eigenvalue weighted by Crippen LogP contribution is -2.36. The van der Waals surface area contributed by atoms with Gasteiger partial charge in [0, 0.05) is 18.2 Å². The maximum absolute atomic E-state index is 6.05. The quantitative estimate of drug-likeness (QED) is 0.809. The van der Waals surface area contributed by atoms with Crippen LogP contribution in [0.5, 0.6) is 11.5 Å². The fraction of sp³-hybridized carbons (Fsp3) is 0.500. The molecule has 88 valence electrons. The van der Waals surface area contributed by atoms with Crippen molar-refractivity contribution in [2.24, 2.45) is 0 Å². The molecule has 0 aliphatic carbocycles. The Kier molecular flexibility index (Phi) is 3.56. The van der Waals surface area contributed by atoms with Crippen LogP contribution < -0.4 is 9.47 Å². The van der Waals surface area contributed by atoms with Crippen LogP contribution in [0, 0.1) is 0 Å². The molecule has 1 fully saturated rings. The van der Waals surface area contributed by atoms with Crippen LogP contribution in [0.4, 0.5) is 0 Å². The Morgan fingerprint density at radius 2 is 1.88 bits per heavy atom. The fourth-order valence-electron chi connectivity index (χ4n) is 1.83. The lowest BCUT2D eigenvalue weighted by Gasteiger charge is -2.31. The standard InChI is InChI=1S/C12H16ClNO2/c1-15-11-7-10(13)12(16-2)6-9(11)8-14-4-3-5-14/h6-7H,3-5,8H2,1-2H3. The van der Waals surface area contributed by atoms with Gasteiger partial charge in [-0.2, -0.15) is 0 Å². The largest absolute Gasteiger partial charge is 0.496 e. The van der Waals surface area contributed by atoms with Crippen molar-refractivity contribution in [3.05, 3.63) is 22.7 Å². The van der Waals surface area contributed by atoms with Crippen molar-refractivity contribution in [3.8, 4) is 11.5 Å². The van der Waals surface area contributed by atoms with Crippen molar-refractivity contribution >= 4 is 11.6 Å². The zero-order valence-corrected chi connectivity index (χ0v) is 10.4. The minimum absolute atomic E-state index is 0.590. The van der Waals surface area contributed by atoms with Gasteiger partial charge in [-0.05, 0) is 25.6 Å². The zero-order valence-electron chi connectivity index (χ0n) is 9.62. The number of nitrogens with zero attached hydrogens (tertiary/aromatic N) is 1. The average molecular weight is 242 g/mol. The van der Waals surface area contributed by atoms with E-state index in [9.17, 15) is 0 Å². The summed E-state index contributed by atoms with van der Waals surface area (Å²) in [6, 6.07) is 3.77. The number of rotatable bonds is 4. The topological polar surface area (TPSA) is 21.7 Å². The molecule has 0 unspecified atom stereocenters. The summed E-state index contributed by atoms with van der Waals surface area (Å²) in [6.45, 7) is 3.22. The van der Waals surface area contributed by atoms with E-state index in [0.29, 0.717) is 10.8 Å². The Bertz CT molecular complexity index is 378. The predicted molar refractivity (Wildman–Crippen MR) is 64.5 cm³/mol. The molecular weight excluding hydrogens is 226 g/mol. The third-order valence-electron chi connectivity index (χ3n) is 2.90. The third kappa shape index (κ3) is 2.25. The van der Waals surface area contributed by atoms with E-state index in [2.05, 4.69) is 4.90 Å². The minimum Gasteiger partial charge on any atom is -0.496 e. The summed E-state index contributed by atoms with van der Waals surface area (Å²) >= 11 is 6.05. The molecule has 1 aromatic rings. The molecule has 0 atom stereocenters. The fourth-order valence-corrected chi connectivity index (χ4v) is 2.06. The van der Waals surface area contributed by atoms with E-state index in [4.69, 9.17) is 21.1 Å². The summed E-state index contributed by atoms with van der Waals surface area (Å²) in [7, 11) is 3.29. The van der Waals surface area contributed by atoms with Gasteiger partial charge < -0.3 is 9.47 Å². The smallest absolute Gasteiger partial charge is 0.138 e. The molecule has 1 aromatic carbocycles. The minimum atomic E-state index is 0.590. The van der Waals surface area contributed by atoms with E-state index >= 15 is 0 Å². The molecule has 4 heteroatoms. The van der Waals surface area contributed by atoms with Crippen LogP contribution in [0.3, 0.4) is 0 Å². The summed E-state index contributed by atoms with van der Waals surface area (Å²) in [4.78, 5) is 2.37. The molecule has 0 saturated carbocycles. The maximum Gasteiger partial charge on any atom is 0.138 e. The van der Waals surface area contributed by atoms with E-state index in [1.54, 1.807) is 14.2 Å². The number of hydrogen-bond acceptors (Lipinski definition) is 3. The Morgan fingerprint density at radius 1 is 1.19 bits per heavy atom. The van der Waals surface area contributed by atoms with E-state index in [0.717, 1.165) is 30.9 Å². The van der Waals surface area contributed by atoms with Crippen LogP contribution >= 0.6 is 11.6 Å². The van der Waals surface area contributed by atoms with Crippen LogP contribution in [0.15, 0.2) is 12.1 Å². The van der Waals surface area contributed by atoms with Crippen LogP contribution in [0.1, 0.15) is 12.0 Å². The zero-order chi connectivity index (χ0) is 11.5. The van der Waals surface area contributed by atoms with Crippen molar-refractivity contribution in [2.45, 2.75) is 13.0 Å². The highest BCUT2D eigenvalue weighted by Crippen LogP contribution is 2.33. The van der Waals surface area contributed by atoms with Gasteiger partial charge in [-0.3, -0.25) is 4.90 Å². The predicted octanol–water partition coefficient (Wildman–Crippen LogP) is 2.56. The first kappa shape index (κ1) is 11.6. The molecule has 0 N–H and O–H groups in total. The van der Waals surface area contributed by atoms with Gasteiger partial charge in [-0.1, -0.05) is 11.6 Å². The first-order chi connectivity index (χ1) is 7.74. The molecule has 0 radical (unpaired) electrons. The lowest BCUT2D eigenvalue weighted by molar-refractivity contribution is 0.170. The first-order valence-corrected chi connectivity index (χ1v) is 5.75. The van der Waals surface area contributed by atoms with Crippen LogP contribution in [-0.2, 0) is 6.54 Å². The third-order valence-corrected chi connectivity index (χ3v) is 3.19. The number of benzene rings is 1. The Hall–Kier alpha value is -0.930. The summed E-state index contributed by atoms with van der Waals surface area (Å²) < 4.78 is 10.5. The van der Waals surface area contributed by atoms with Gasteiger partial charge >= 0.3 is 0 Å². The molecule has 3 nitrogen and oxygen atoms in total. The highest BCUT2D eigenvalue weighted by atomic mass is 35.5. The van der Waals surface area contributed by atoms with E-state index in [-0.39, 0.29) is 0 Å². The van der Waals surface area contributed by atoms with Gasteiger partial charge in [0.05, 0.1) is 19.2 Å².